The van der Waals surface area contributed by atoms with Crippen LogP contribution in [0.5, 0.6) is 0 Å². The predicted octanol–water partition coefficient (Wildman–Crippen LogP) is 3.30. The minimum Gasteiger partial charge on any atom is -0.296 e. The van der Waals surface area contributed by atoms with Gasteiger partial charge in [0.15, 0.2) is 0 Å². The van der Waals surface area contributed by atoms with Crippen LogP contribution in [0.4, 0.5) is 0 Å². The van der Waals surface area contributed by atoms with Crippen LogP contribution in [0.15, 0.2) is 22.7 Å². The molecule has 1 saturated heterocycles. The van der Waals surface area contributed by atoms with Crippen LogP contribution in [0.25, 0.3) is 0 Å². The second-order valence-electron chi connectivity index (χ2n) is 5.13. The van der Waals surface area contributed by atoms with Gasteiger partial charge in [-0.15, -0.1) is 0 Å². The molecule has 4 heteroatoms. The molecule has 1 aromatic carbocycles. The fourth-order valence-corrected chi connectivity index (χ4v) is 2.94. The molecule has 2 atom stereocenters. The predicted molar refractivity (Wildman–Crippen MR) is 77.8 cm³/mol. The minimum absolute atomic E-state index is 0.00741. The van der Waals surface area contributed by atoms with E-state index in [1.807, 2.05) is 19.1 Å². The van der Waals surface area contributed by atoms with Crippen molar-refractivity contribution in [3.63, 3.8) is 0 Å². The Bertz CT molecular complexity index is 513. The summed E-state index contributed by atoms with van der Waals surface area (Å²) in [5.74, 6) is -0.372. The van der Waals surface area contributed by atoms with Crippen molar-refractivity contribution in [2.75, 3.05) is 0 Å². The molecule has 0 aliphatic carbocycles. The van der Waals surface area contributed by atoms with E-state index in [9.17, 15) is 9.59 Å². The summed E-state index contributed by atoms with van der Waals surface area (Å²) >= 11 is 3.48. The molecule has 0 radical (unpaired) electrons. The maximum absolute atomic E-state index is 12.0. The van der Waals surface area contributed by atoms with E-state index in [0.29, 0.717) is 6.42 Å². The maximum Gasteiger partial charge on any atom is 0.230 e. The number of carbonyl (C=O) groups is 2. The van der Waals surface area contributed by atoms with Gasteiger partial charge >= 0.3 is 0 Å². The minimum atomic E-state index is -0.164. The molecule has 1 N–H and O–H groups in total. The Balaban J connectivity index is 2.34. The fourth-order valence-electron chi connectivity index (χ4n) is 2.70. The van der Waals surface area contributed by atoms with Crippen LogP contribution in [-0.4, -0.2) is 11.8 Å². The Morgan fingerprint density at radius 3 is 2.74 bits per heavy atom. The number of carbonyl (C=O) groups excluding carboxylic acids is 2. The van der Waals surface area contributed by atoms with Crippen molar-refractivity contribution in [1.29, 1.82) is 0 Å². The molecule has 1 aliphatic rings. The van der Waals surface area contributed by atoms with Gasteiger partial charge in [0.2, 0.25) is 11.8 Å². The Labute approximate surface area is 121 Å². The van der Waals surface area contributed by atoms with Gasteiger partial charge in [-0.2, -0.15) is 0 Å². The lowest BCUT2D eigenvalue weighted by atomic mass is 9.78. The van der Waals surface area contributed by atoms with Crippen molar-refractivity contribution in [3.05, 3.63) is 33.8 Å². The zero-order chi connectivity index (χ0) is 14.0. The van der Waals surface area contributed by atoms with Crippen LogP contribution in [0, 0.1) is 12.8 Å². The Kier molecular flexibility index (Phi) is 4.40. The number of halogens is 1. The molecule has 0 aromatic heterocycles. The molecule has 0 spiro atoms. The molecular weight excluding hydrogens is 306 g/mol. The van der Waals surface area contributed by atoms with Gasteiger partial charge in [0, 0.05) is 22.7 Å². The quantitative estimate of drug-likeness (QED) is 0.867. The highest BCUT2D eigenvalue weighted by Gasteiger charge is 2.36. The van der Waals surface area contributed by atoms with E-state index in [0.717, 1.165) is 28.4 Å². The Hall–Kier alpha value is -1.16. The fraction of sp³-hybridized carbons (Fsp3) is 0.467. The molecule has 2 amide bonds. The summed E-state index contributed by atoms with van der Waals surface area (Å²) in [4.78, 5) is 23.6. The summed E-state index contributed by atoms with van der Waals surface area (Å²) in [6.45, 7) is 4.08. The number of piperidine rings is 1. The highest BCUT2D eigenvalue weighted by molar-refractivity contribution is 9.10. The summed E-state index contributed by atoms with van der Waals surface area (Å²) in [7, 11) is 0. The highest BCUT2D eigenvalue weighted by Crippen LogP contribution is 2.35. The number of benzene rings is 1. The lowest BCUT2D eigenvalue weighted by Gasteiger charge is -2.30. The third kappa shape index (κ3) is 3.06. The van der Waals surface area contributed by atoms with Gasteiger partial charge in [0.1, 0.15) is 0 Å². The van der Waals surface area contributed by atoms with Crippen LogP contribution < -0.4 is 5.32 Å². The molecule has 19 heavy (non-hydrogen) atoms. The average molecular weight is 324 g/mol. The number of amides is 2. The number of imide groups is 1. The molecule has 1 aliphatic heterocycles. The van der Waals surface area contributed by atoms with Crippen LogP contribution in [0.2, 0.25) is 0 Å². The lowest BCUT2D eigenvalue weighted by Crippen LogP contribution is -2.44. The van der Waals surface area contributed by atoms with Crippen LogP contribution in [0.1, 0.15) is 43.2 Å². The molecule has 3 nitrogen and oxygen atoms in total. The third-order valence-corrected chi connectivity index (χ3v) is 4.59. The Morgan fingerprint density at radius 1 is 1.37 bits per heavy atom. The first-order valence-electron chi connectivity index (χ1n) is 6.62. The highest BCUT2D eigenvalue weighted by atomic mass is 79.9. The molecular formula is C15H18BrNO2. The van der Waals surface area contributed by atoms with Crippen molar-refractivity contribution in [1.82, 2.24) is 5.32 Å². The number of aryl methyl sites for hydroxylation is 1. The molecule has 0 saturated carbocycles. The smallest absolute Gasteiger partial charge is 0.230 e. The van der Waals surface area contributed by atoms with Crippen molar-refractivity contribution in [3.8, 4) is 0 Å². The SMILES string of the molecule is CCCC1C(=O)NC(=O)CC1c1ccc(Br)c(C)c1. The van der Waals surface area contributed by atoms with E-state index in [-0.39, 0.29) is 23.7 Å². The van der Waals surface area contributed by atoms with E-state index in [1.165, 1.54) is 0 Å². The van der Waals surface area contributed by atoms with Gasteiger partial charge < -0.3 is 0 Å². The first-order chi connectivity index (χ1) is 9.02. The van der Waals surface area contributed by atoms with E-state index < -0.39 is 0 Å². The molecule has 2 unspecified atom stereocenters. The second kappa shape index (κ2) is 5.87. The summed E-state index contributed by atoms with van der Waals surface area (Å²) in [5, 5.41) is 2.45. The topological polar surface area (TPSA) is 46.2 Å². The van der Waals surface area contributed by atoms with Crippen molar-refractivity contribution < 1.29 is 9.59 Å². The largest absolute Gasteiger partial charge is 0.296 e. The van der Waals surface area contributed by atoms with Gasteiger partial charge in [-0.25, -0.2) is 0 Å². The van der Waals surface area contributed by atoms with E-state index in [2.05, 4.69) is 34.2 Å². The summed E-state index contributed by atoms with van der Waals surface area (Å²) < 4.78 is 1.05. The molecule has 1 aromatic rings. The van der Waals surface area contributed by atoms with Gasteiger partial charge in [-0.3, -0.25) is 14.9 Å². The first kappa shape index (κ1) is 14.3. The Morgan fingerprint density at radius 2 is 2.11 bits per heavy atom. The lowest BCUT2D eigenvalue weighted by molar-refractivity contribution is -0.137. The third-order valence-electron chi connectivity index (χ3n) is 3.70. The monoisotopic (exact) mass is 323 g/mol. The summed E-state index contributed by atoms with van der Waals surface area (Å²) in [5.41, 5.74) is 2.22. The molecule has 1 heterocycles. The standard InChI is InChI=1S/C15H18BrNO2/c1-3-4-11-12(8-14(18)17-15(11)19)10-5-6-13(16)9(2)7-10/h5-7,11-12H,3-4,8H2,1-2H3,(H,17,18,19). The number of nitrogens with one attached hydrogen (secondary N) is 1. The molecule has 102 valence electrons. The molecule has 0 bridgehead atoms. The van der Waals surface area contributed by atoms with Crippen molar-refractivity contribution in [2.45, 2.75) is 39.0 Å². The molecule has 1 fully saturated rings. The summed E-state index contributed by atoms with van der Waals surface area (Å²) in [6.07, 6.45) is 2.16. The second-order valence-corrected chi connectivity index (χ2v) is 5.98. The van der Waals surface area contributed by atoms with Crippen molar-refractivity contribution >= 4 is 27.7 Å². The normalized spacial score (nSPS) is 23.3. The zero-order valence-corrected chi connectivity index (χ0v) is 12.8. The zero-order valence-electron chi connectivity index (χ0n) is 11.2. The van der Waals surface area contributed by atoms with Gasteiger partial charge in [0.05, 0.1) is 0 Å². The van der Waals surface area contributed by atoms with Gasteiger partial charge in [-0.1, -0.05) is 41.4 Å². The number of hydrogen-bond donors (Lipinski definition) is 1. The number of hydrogen-bond acceptors (Lipinski definition) is 2. The van der Waals surface area contributed by atoms with Gasteiger partial charge in [0.25, 0.3) is 0 Å². The van der Waals surface area contributed by atoms with E-state index >= 15 is 0 Å². The number of rotatable bonds is 3. The van der Waals surface area contributed by atoms with Crippen LogP contribution in [0.3, 0.4) is 0 Å². The van der Waals surface area contributed by atoms with Crippen molar-refractivity contribution in [2.24, 2.45) is 5.92 Å². The average Bonchev–Trinajstić information content (AvgIpc) is 2.36. The van der Waals surface area contributed by atoms with E-state index in [1.54, 1.807) is 0 Å². The maximum atomic E-state index is 12.0. The molecule has 2 rings (SSSR count). The summed E-state index contributed by atoms with van der Waals surface area (Å²) in [6, 6.07) is 6.07. The van der Waals surface area contributed by atoms with E-state index in [4.69, 9.17) is 0 Å². The van der Waals surface area contributed by atoms with Crippen LogP contribution >= 0.6 is 15.9 Å². The van der Waals surface area contributed by atoms with Crippen LogP contribution in [-0.2, 0) is 9.59 Å². The van der Waals surface area contributed by atoms with Gasteiger partial charge in [-0.05, 0) is 30.5 Å². The first-order valence-corrected chi connectivity index (χ1v) is 7.42.